The van der Waals surface area contributed by atoms with Crippen molar-refractivity contribution in [2.45, 2.75) is 40.3 Å². The molecule has 0 aliphatic heterocycles. The van der Waals surface area contributed by atoms with Gasteiger partial charge in [0.2, 0.25) is 0 Å². The molecular formula is C15H25BrN2. The van der Waals surface area contributed by atoms with E-state index in [-0.39, 0.29) is 5.41 Å². The zero-order chi connectivity index (χ0) is 13.9. The molecule has 0 radical (unpaired) electrons. The van der Waals surface area contributed by atoms with Crippen molar-refractivity contribution in [1.82, 2.24) is 5.32 Å². The first-order valence-corrected chi connectivity index (χ1v) is 7.22. The van der Waals surface area contributed by atoms with Gasteiger partial charge in [0.15, 0.2) is 0 Å². The number of hydrogen-bond donors (Lipinski definition) is 1. The van der Waals surface area contributed by atoms with Gasteiger partial charge in [-0.3, -0.25) is 0 Å². The monoisotopic (exact) mass is 312 g/mol. The molecule has 0 fully saturated rings. The molecule has 1 aromatic rings. The first-order chi connectivity index (χ1) is 8.27. The molecule has 1 rings (SSSR count). The maximum absolute atomic E-state index is 3.65. The Morgan fingerprint density at radius 2 is 1.94 bits per heavy atom. The largest absolute Gasteiger partial charge is 0.371 e. The molecule has 0 aliphatic carbocycles. The van der Waals surface area contributed by atoms with Gasteiger partial charge in [0, 0.05) is 29.8 Å². The fourth-order valence-electron chi connectivity index (χ4n) is 1.89. The summed E-state index contributed by atoms with van der Waals surface area (Å²) < 4.78 is 1.17. The lowest BCUT2D eigenvalue weighted by Gasteiger charge is -2.37. The summed E-state index contributed by atoms with van der Waals surface area (Å²) in [6.45, 7) is 9.99. The summed E-state index contributed by atoms with van der Waals surface area (Å²) in [5, 5.41) is 3.18. The highest BCUT2D eigenvalue weighted by atomic mass is 79.9. The molecule has 1 atom stereocenters. The molecule has 18 heavy (non-hydrogen) atoms. The fraction of sp³-hybridized carbons (Fsp3) is 0.600. The Labute approximate surface area is 120 Å². The zero-order valence-electron chi connectivity index (χ0n) is 12.3. The molecular weight excluding hydrogens is 288 g/mol. The molecule has 0 spiro atoms. The van der Waals surface area contributed by atoms with Crippen molar-refractivity contribution in [2.75, 3.05) is 19.0 Å². The third kappa shape index (κ3) is 3.72. The van der Waals surface area contributed by atoms with Crippen molar-refractivity contribution in [2.24, 2.45) is 5.41 Å². The molecule has 102 valence electrons. The van der Waals surface area contributed by atoms with E-state index in [2.05, 4.69) is 79.1 Å². The molecule has 0 aliphatic rings. The predicted octanol–water partition coefficient (Wildman–Crippen LogP) is 4.04. The van der Waals surface area contributed by atoms with Crippen LogP contribution < -0.4 is 10.2 Å². The Balaban J connectivity index is 2.94. The molecule has 1 unspecified atom stereocenters. The lowest BCUT2D eigenvalue weighted by Crippen LogP contribution is -2.39. The van der Waals surface area contributed by atoms with E-state index in [1.165, 1.54) is 15.7 Å². The van der Waals surface area contributed by atoms with E-state index in [4.69, 9.17) is 0 Å². The van der Waals surface area contributed by atoms with Crippen LogP contribution in [0.4, 0.5) is 5.69 Å². The van der Waals surface area contributed by atoms with Crippen molar-refractivity contribution in [3.8, 4) is 0 Å². The summed E-state index contributed by atoms with van der Waals surface area (Å²) in [6, 6.07) is 7.07. The van der Waals surface area contributed by atoms with Crippen molar-refractivity contribution in [3.05, 3.63) is 28.2 Å². The Morgan fingerprint density at radius 3 is 2.39 bits per heavy atom. The van der Waals surface area contributed by atoms with Crippen LogP contribution in [0.15, 0.2) is 22.7 Å². The van der Waals surface area contributed by atoms with Gasteiger partial charge in [0.25, 0.3) is 0 Å². The minimum absolute atomic E-state index is 0.269. The lowest BCUT2D eigenvalue weighted by molar-refractivity contribution is 0.330. The van der Waals surface area contributed by atoms with Crippen LogP contribution in [0.5, 0.6) is 0 Å². The van der Waals surface area contributed by atoms with Gasteiger partial charge in [0.05, 0.1) is 0 Å². The predicted molar refractivity (Wildman–Crippen MR) is 84.2 cm³/mol. The van der Waals surface area contributed by atoms with Crippen LogP contribution in [0.2, 0.25) is 0 Å². The fourth-order valence-corrected chi connectivity index (χ4v) is 2.40. The zero-order valence-corrected chi connectivity index (χ0v) is 13.9. The second-order valence-corrected chi connectivity index (χ2v) is 6.81. The van der Waals surface area contributed by atoms with Gasteiger partial charge in [-0.05, 0) is 37.1 Å². The molecule has 3 heteroatoms. The summed E-state index contributed by atoms with van der Waals surface area (Å²) in [5.41, 5.74) is 2.81. The van der Waals surface area contributed by atoms with E-state index in [1.807, 2.05) is 7.05 Å². The van der Waals surface area contributed by atoms with Crippen molar-refractivity contribution >= 4 is 21.6 Å². The Bertz CT molecular complexity index is 396. The van der Waals surface area contributed by atoms with Crippen molar-refractivity contribution < 1.29 is 0 Å². The average Bonchev–Trinajstić information content (AvgIpc) is 2.29. The van der Waals surface area contributed by atoms with E-state index < -0.39 is 0 Å². The highest BCUT2D eigenvalue weighted by Crippen LogP contribution is 2.30. The molecule has 0 bridgehead atoms. The SMILES string of the molecule is CNCc1ccc(N(C)C(C)C(C)(C)C)cc1Br. The molecule has 0 aromatic heterocycles. The summed E-state index contributed by atoms with van der Waals surface area (Å²) in [5.74, 6) is 0. The van der Waals surface area contributed by atoms with E-state index in [0.717, 1.165) is 6.54 Å². The van der Waals surface area contributed by atoms with Crippen LogP contribution in [0.25, 0.3) is 0 Å². The molecule has 0 saturated carbocycles. The second-order valence-electron chi connectivity index (χ2n) is 5.96. The lowest BCUT2D eigenvalue weighted by atomic mass is 9.87. The third-order valence-corrected chi connectivity index (χ3v) is 4.38. The van der Waals surface area contributed by atoms with Gasteiger partial charge in [-0.15, -0.1) is 0 Å². The topological polar surface area (TPSA) is 15.3 Å². The first-order valence-electron chi connectivity index (χ1n) is 6.43. The van der Waals surface area contributed by atoms with Gasteiger partial charge < -0.3 is 10.2 Å². The third-order valence-electron chi connectivity index (χ3n) is 3.65. The number of nitrogens with one attached hydrogen (secondary N) is 1. The maximum atomic E-state index is 3.65. The van der Waals surface area contributed by atoms with Crippen molar-refractivity contribution in [1.29, 1.82) is 0 Å². The molecule has 0 saturated heterocycles. The average molecular weight is 313 g/mol. The van der Waals surface area contributed by atoms with Crippen molar-refractivity contribution in [3.63, 3.8) is 0 Å². The number of anilines is 1. The summed E-state index contributed by atoms with van der Waals surface area (Å²) in [4.78, 5) is 2.34. The van der Waals surface area contributed by atoms with Crippen LogP contribution in [0.1, 0.15) is 33.3 Å². The van der Waals surface area contributed by atoms with E-state index in [9.17, 15) is 0 Å². The first kappa shape index (κ1) is 15.5. The molecule has 2 nitrogen and oxygen atoms in total. The van der Waals surface area contributed by atoms with Crippen LogP contribution in [-0.4, -0.2) is 20.1 Å². The maximum Gasteiger partial charge on any atom is 0.0377 e. The molecule has 1 aromatic carbocycles. The second kappa shape index (κ2) is 6.07. The Hall–Kier alpha value is -0.540. The van der Waals surface area contributed by atoms with E-state index in [0.29, 0.717) is 6.04 Å². The summed E-state index contributed by atoms with van der Waals surface area (Å²) in [7, 11) is 4.13. The van der Waals surface area contributed by atoms with Gasteiger partial charge in [-0.1, -0.05) is 42.8 Å². The minimum atomic E-state index is 0.269. The standard InChI is InChI=1S/C15H25BrN2/c1-11(15(2,3)4)18(6)13-8-7-12(10-17-5)14(16)9-13/h7-9,11,17H,10H2,1-6H3. The number of rotatable bonds is 4. The highest BCUT2D eigenvalue weighted by molar-refractivity contribution is 9.10. The highest BCUT2D eigenvalue weighted by Gasteiger charge is 2.24. The quantitative estimate of drug-likeness (QED) is 0.902. The smallest absolute Gasteiger partial charge is 0.0377 e. The van der Waals surface area contributed by atoms with Gasteiger partial charge in [0.1, 0.15) is 0 Å². The van der Waals surface area contributed by atoms with Gasteiger partial charge in [-0.25, -0.2) is 0 Å². The van der Waals surface area contributed by atoms with Crippen LogP contribution >= 0.6 is 15.9 Å². The van der Waals surface area contributed by atoms with Crippen LogP contribution in [-0.2, 0) is 6.54 Å². The molecule has 0 amide bonds. The normalized spacial score (nSPS) is 13.5. The number of benzene rings is 1. The van der Waals surface area contributed by atoms with Gasteiger partial charge in [-0.2, -0.15) is 0 Å². The van der Waals surface area contributed by atoms with E-state index >= 15 is 0 Å². The number of halogens is 1. The van der Waals surface area contributed by atoms with Gasteiger partial charge >= 0.3 is 0 Å². The van der Waals surface area contributed by atoms with Crippen LogP contribution in [0.3, 0.4) is 0 Å². The van der Waals surface area contributed by atoms with E-state index in [1.54, 1.807) is 0 Å². The number of hydrogen-bond acceptors (Lipinski definition) is 2. The van der Waals surface area contributed by atoms with Crippen LogP contribution in [0, 0.1) is 5.41 Å². The summed E-state index contributed by atoms with van der Waals surface area (Å²) in [6.07, 6.45) is 0. The molecule has 0 heterocycles. The minimum Gasteiger partial charge on any atom is -0.371 e. The molecule has 1 N–H and O–H groups in total. The summed E-state index contributed by atoms with van der Waals surface area (Å²) >= 11 is 3.65. The Morgan fingerprint density at radius 1 is 1.33 bits per heavy atom. The number of nitrogens with zero attached hydrogens (tertiary/aromatic N) is 1. The Kier molecular flexibility index (Phi) is 5.23.